The average Bonchev–Trinajstić information content (AvgIpc) is 2.73. The Balaban J connectivity index is 2.56. The summed E-state index contributed by atoms with van der Waals surface area (Å²) < 4.78 is 11.4. The molecule has 2 aromatic carbocycles. The quantitative estimate of drug-likeness (QED) is 0.570. The minimum Gasteiger partial charge on any atom is -0.496 e. The molecule has 0 saturated heterocycles. The lowest BCUT2D eigenvalue weighted by molar-refractivity contribution is -0.140. The van der Waals surface area contributed by atoms with Crippen LogP contribution in [-0.4, -0.2) is 43.3 Å². The van der Waals surface area contributed by atoms with Crippen LogP contribution in [0.15, 0.2) is 24.3 Å². The lowest BCUT2D eigenvalue weighted by Gasteiger charge is -2.20. The first-order valence-electron chi connectivity index (χ1n) is 10.3. The van der Waals surface area contributed by atoms with Gasteiger partial charge in [-0.25, -0.2) is 0 Å². The number of hydrogen-bond acceptors (Lipinski definition) is 5. The van der Waals surface area contributed by atoms with E-state index in [0.717, 1.165) is 27.9 Å². The summed E-state index contributed by atoms with van der Waals surface area (Å²) in [7, 11) is 3.14. The predicted molar refractivity (Wildman–Crippen MR) is 125 cm³/mol. The number of hydrogen-bond donors (Lipinski definition) is 3. The van der Waals surface area contributed by atoms with Crippen LogP contribution >= 0.6 is 0 Å². The lowest BCUT2D eigenvalue weighted by atomic mass is 9.92. The number of carboxylic acids is 1. The van der Waals surface area contributed by atoms with Crippen LogP contribution in [0, 0.1) is 25.7 Å². The Morgan fingerprint density at radius 3 is 2.06 bits per heavy atom. The number of amides is 1. The molecular weight excluding hydrogens is 408 g/mol. The zero-order valence-corrected chi connectivity index (χ0v) is 19.5. The molecule has 0 spiro atoms. The number of benzene rings is 2. The Labute approximate surface area is 189 Å². The van der Waals surface area contributed by atoms with Crippen molar-refractivity contribution in [1.82, 2.24) is 5.32 Å². The van der Waals surface area contributed by atoms with Gasteiger partial charge in [-0.2, -0.15) is 0 Å². The number of carbonyl (C=O) groups excluding carboxylic acids is 1. The number of carbonyl (C=O) groups is 2. The molecule has 2 aromatic rings. The molecule has 0 fully saturated rings. The molecule has 7 heteroatoms. The largest absolute Gasteiger partial charge is 0.496 e. The van der Waals surface area contributed by atoms with Gasteiger partial charge in [-0.3, -0.25) is 9.59 Å². The van der Waals surface area contributed by atoms with E-state index in [-0.39, 0.29) is 0 Å². The van der Waals surface area contributed by atoms with Crippen molar-refractivity contribution in [3.8, 4) is 34.5 Å². The van der Waals surface area contributed by atoms with Crippen molar-refractivity contribution in [3.63, 3.8) is 0 Å². The third-order valence-electron chi connectivity index (χ3n) is 4.94. The van der Waals surface area contributed by atoms with E-state index in [1.807, 2.05) is 38.1 Å². The van der Waals surface area contributed by atoms with Crippen molar-refractivity contribution in [1.29, 1.82) is 0 Å². The van der Waals surface area contributed by atoms with Crippen molar-refractivity contribution in [2.75, 3.05) is 19.5 Å². The van der Waals surface area contributed by atoms with Gasteiger partial charge in [-0.05, 0) is 52.3 Å². The van der Waals surface area contributed by atoms with Crippen LogP contribution < -0.4 is 20.1 Å². The number of rotatable bonds is 7. The molecule has 3 N–H and O–H groups in total. The smallest absolute Gasteiger partial charge is 0.325 e. The number of carboxylic acid groups (broad SMARTS) is 1. The molecule has 170 valence electrons. The molecule has 7 nitrogen and oxygen atoms in total. The Morgan fingerprint density at radius 1 is 0.969 bits per heavy atom. The van der Waals surface area contributed by atoms with Gasteiger partial charge in [0.2, 0.25) is 0 Å². The molecule has 0 radical (unpaired) electrons. The molecular formula is C25H30N2O5. The van der Waals surface area contributed by atoms with Crippen LogP contribution in [0.25, 0.3) is 11.1 Å². The molecule has 0 aliphatic heterocycles. The third-order valence-corrected chi connectivity index (χ3v) is 4.94. The second-order valence-corrected chi connectivity index (χ2v) is 7.73. The Kier molecular flexibility index (Phi) is 8.14. The standard InChI is InChI=1S/C25H30N2O5/c1-14(2)26-19-10-8-18(9-11-19)22-16(4)23(31-6)20(15(3)24(22)32-7)12-13-21(28)27-17(5)25(29)30/h8-11,14,17,26H,1-7H3,(H,27,28)(H,29,30). The maximum atomic E-state index is 12.1. The fraction of sp³-hybridized carbons (Fsp3) is 0.360. The number of nitrogens with one attached hydrogen (secondary N) is 2. The molecule has 0 saturated carbocycles. The Bertz CT molecular complexity index is 1060. The van der Waals surface area contributed by atoms with Gasteiger partial charge >= 0.3 is 5.97 Å². The van der Waals surface area contributed by atoms with Crippen molar-refractivity contribution >= 4 is 17.6 Å². The zero-order chi connectivity index (χ0) is 24.0. The summed E-state index contributed by atoms with van der Waals surface area (Å²) in [6.07, 6.45) is 0. The maximum Gasteiger partial charge on any atom is 0.325 e. The topological polar surface area (TPSA) is 96.9 Å². The highest BCUT2D eigenvalue weighted by Crippen LogP contribution is 2.43. The van der Waals surface area contributed by atoms with Crippen molar-refractivity contribution < 1.29 is 24.2 Å². The fourth-order valence-electron chi connectivity index (χ4n) is 3.43. The highest BCUT2D eigenvalue weighted by Gasteiger charge is 2.22. The van der Waals surface area contributed by atoms with Crippen molar-refractivity contribution in [2.24, 2.45) is 0 Å². The molecule has 32 heavy (non-hydrogen) atoms. The van der Waals surface area contributed by atoms with E-state index in [9.17, 15) is 9.59 Å². The van der Waals surface area contributed by atoms with Crippen LogP contribution in [0.3, 0.4) is 0 Å². The summed E-state index contributed by atoms with van der Waals surface area (Å²) in [5, 5.41) is 14.6. The van der Waals surface area contributed by atoms with E-state index in [4.69, 9.17) is 14.6 Å². The van der Waals surface area contributed by atoms with Crippen LogP contribution in [0.1, 0.15) is 37.5 Å². The van der Waals surface area contributed by atoms with Crippen LogP contribution in [-0.2, 0) is 9.59 Å². The molecule has 1 amide bonds. The molecule has 0 bridgehead atoms. The first kappa shape index (κ1) is 24.6. The lowest BCUT2D eigenvalue weighted by Crippen LogP contribution is -2.37. The molecule has 0 heterocycles. The number of aliphatic carboxylic acids is 1. The monoisotopic (exact) mass is 438 g/mol. The third kappa shape index (κ3) is 5.52. The van der Waals surface area contributed by atoms with Gasteiger partial charge in [-0.1, -0.05) is 18.1 Å². The number of methoxy groups -OCH3 is 2. The van der Waals surface area contributed by atoms with Crippen molar-refractivity contribution in [2.45, 2.75) is 46.7 Å². The van der Waals surface area contributed by atoms with Gasteiger partial charge in [0, 0.05) is 34.3 Å². The molecule has 1 unspecified atom stereocenters. The summed E-state index contributed by atoms with van der Waals surface area (Å²) in [4.78, 5) is 23.0. The summed E-state index contributed by atoms with van der Waals surface area (Å²) >= 11 is 0. The summed E-state index contributed by atoms with van der Waals surface area (Å²) in [5.74, 6) is 4.64. The second-order valence-electron chi connectivity index (χ2n) is 7.73. The SMILES string of the molecule is COc1c(C)c(-c2ccc(NC(C)C)cc2)c(OC)c(C)c1C#CC(=O)NC(C)C(=O)O. The average molecular weight is 439 g/mol. The first-order chi connectivity index (χ1) is 15.1. The highest BCUT2D eigenvalue weighted by molar-refractivity contribution is 5.97. The van der Waals surface area contributed by atoms with E-state index in [0.29, 0.717) is 23.1 Å². The van der Waals surface area contributed by atoms with Crippen LogP contribution in [0.2, 0.25) is 0 Å². The van der Waals surface area contributed by atoms with Crippen LogP contribution in [0.4, 0.5) is 5.69 Å². The van der Waals surface area contributed by atoms with E-state index in [1.165, 1.54) is 6.92 Å². The molecule has 1 atom stereocenters. The second kappa shape index (κ2) is 10.6. The van der Waals surface area contributed by atoms with Gasteiger partial charge in [-0.15, -0.1) is 0 Å². The van der Waals surface area contributed by atoms with Crippen molar-refractivity contribution in [3.05, 3.63) is 41.0 Å². The number of ether oxygens (including phenoxy) is 2. The van der Waals surface area contributed by atoms with Gasteiger partial charge in [0.25, 0.3) is 5.91 Å². The van der Waals surface area contributed by atoms with E-state index in [2.05, 4.69) is 36.3 Å². The molecule has 0 aliphatic carbocycles. The molecule has 0 aromatic heterocycles. The molecule has 2 rings (SSSR count). The Hall–Kier alpha value is -3.66. The molecule has 0 aliphatic rings. The predicted octanol–water partition coefficient (Wildman–Crippen LogP) is 3.75. The van der Waals surface area contributed by atoms with Gasteiger partial charge in [0.15, 0.2) is 0 Å². The van der Waals surface area contributed by atoms with E-state index >= 15 is 0 Å². The maximum absolute atomic E-state index is 12.1. The first-order valence-corrected chi connectivity index (χ1v) is 10.3. The summed E-state index contributed by atoms with van der Waals surface area (Å²) in [6.45, 7) is 9.29. The number of anilines is 1. The fourth-order valence-corrected chi connectivity index (χ4v) is 3.43. The van der Waals surface area contributed by atoms with Crippen LogP contribution in [0.5, 0.6) is 11.5 Å². The van der Waals surface area contributed by atoms with E-state index in [1.54, 1.807) is 14.2 Å². The minimum atomic E-state index is -1.13. The minimum absolute atomic E-state index is 0.327. The van der Waals surface area contributed by atoms with Gasteiger partial charge in [0.05, 0.1) is 19.8 Å². The van der Waals surface area contributed by atoms with Gasteiger partial charge < -0.3 is 25.2 Å². The zero-order valence-electron chi connectivity index (χ0n) is 19.5. The normalized spacial score (nSPS) is 11.2. The summed E-state index contributed by atoms with van der Waals surface area (Å²) in [5.41, 5.74) is 4.93. The Morgan fingerprint density at radius 2 is 1.56 bits per heavy atom. The summed E-state index contributed by atoms with van der Waals surface area (Å²) in [6, 6.07) is 7.34. The van der Waals surface area contributed by atoms with E-state index < -0.39 is 17.9 Å². The highest BCUT2D eigenvalue weighted by atomic mass is 16.5. The van der Waals surface area contributed by atoms with Gasteiger partial charge in [0.1, 0.15) is 17.5 Å².